The first-order chi connectivity index (χ1) is 13.4. The van der Waals surface area contributed by atoms with Gasteiger partial charge in [-0.25, -0.2) is 0 Å². The molecule has 1 fully saturated rings. The summed E-state index contributed by atoms with van der Waals surface area (Å²) in [5.74, 6) is -0.534. The van der Waals surface area contributed by atoms with Crippen molar-refractivity contribution >= 4 is 11.8 Å². The Kier molecular flexibility index (Phi) is 5.95. The van der Waals surface area contributed by atoms with Crippen LogP contribution < -0.4 is 5.32 Å². The zero-order valence-electron chi connectivity index (χ0n) is 16.3. The van der Waals surface area contributed by atoms with E-state index in [1.165, 1.54) is 0 Å². The highest BCUT2D eigenvalue weighted by Crippen LogP contribution is 2.33. The Labute approximate surface area is 165 Å². The fraction of sp³-hybridized carbons (Fsp3) is 0.304. The highest BCUT2D eigenvalue weighted by molar-refractivity contribution is 6.02. The van der Waals surface area contributed by atoms with Crippen molar-refractivity contribution in [2.45, 2.75) is 32.3 Å². The molecule has 3 rings (SSSR count). The third kappa shape index (κ3) is 4.31. The zero-order chi connectivity index (χ0) is 20.1. The lowest BCUT2D eigenvalue weighted by molar-refractivity contribution is -0.132. The number of carbonyl (C=O) groups excluding carboxylic acids is 2. The molecule has 1 aliphatic heterocycles. The number of aliphatic hydroxyl groups is 1. The molecule has 5 nitrogen and oxygen atoms in total. The van der Waals surface area contributed by atoms with E-state index in [0.717, 1.165) is 11.1 Å². The van der Waals surface area contributed by atoms with E-state index >= 15 is 0 Å². The highest BCUT2D eigenvalue weighted by Gasteiger charge is 2.36. The second kappa shape index (κ2) is 8.40. The fourth-order valence-electron chi connectivity index (χ4n) is 3.44. The second-order valence-electron chi connectivity index (χ2n) is 7.21. The van der Waals surface area contributed by atoms with Crippen LogP contribution in [0.4, 0.5) is 0 Å². The van der Waals surface area contributed by atoms with E-state index in [0.29, 0.717) is 31.5 Å². The normalized spacial score (nSPS) is 16.5. The van der Waals surface area contributed by atoms with Crippen molar-refractivity contribution < 1.29 is 14.7 Å². The molecule has 146 valence electrons. The van der Waals surface area contributed by atoms with Crippen molar-refractivity contribution in [3.63, 3.8) is 0 Å². The van der Waals surface area contributed by atoms with Crippen LogP contribution in [-0.4, -0.2) is 34.9 Å². The van der Waals surface area contributed by atoms with Crippen LogP contribution in [0.25, 0.3) is 0 Å². The molecule has 1 aliphatic rings. The van der Waals surface area contributed by atoms with Crippen LogP contribution in [0.3, 0.4) is 0 Å². The average Bonchev–Trinajstić information content (AvgIpc) is 2.73. The monoisotopic (exact) mass is 378 g/mol. The first-order valence-electron chi connectivity index (χ1n) is 9.54. The van der Waals surface area contributed by atoms with Crippen molar-refractivity contribution in [3.05, 3.63) is 83.1 Å². The first kappa shape index (κ1) is 19.8. The standard InChI is InChI=1S/C23H26N2O3/c1-3-20(24-21(26)18-7-5-4-6-8-18)22(27)25-15-13-23(28,14-16-25)19-11-9-17(2)10-12-19/h3-12,28H,13-16H2,1-2H3,(H,24,26)/b20-3+. The number of hydrogen-bond acceptors (Lipinski definition) is 3. The van der Waals surface area contributed by atoms with Crippen molar-refractivity contribution in [1.82, 2.24) is 10.2 Å². The molecule has 2 aromatic carbocycles. The molecule has 2 N–H and O–H groups in total. The Morgan fingerprint density at radius 3 is 2.21 bits per heavy atom. The topological polar surface area (TPSA) is 69.6 Å². The maximum atomic E-state index is 12.8. The van der Waals surface area contributed by atoms with Crippen LogP contribution in [0.1, 0.15) is 41.3 Å². The van der Waals surface area contributed by atoms with Gasteiger partial charge >= 0.3 is 0 Å². The number of nitrogens with zero attached hydrogens (tertiary/aromatic N) is 1. The van der Waals surface area contributed by atoms with Gasteiger partial charge in [0.05, 0.1) is 5.60 Å². The quantitative estimate of drug-likeness (QED) is 0.803. The predicted molar refractivity (Wildman–Crippen MR) is 109 cm³/mol. The molecule has 28 heavy (non-hydrogen) atoms. The lowest BCUT2D eigenvalue weighted by Gasteiger charge is -2.38. The van der Waals surface area contributed by atoms with E-state index in [1.807, 2.05) is 37.3 Å². The van der Waals surface area contributed by atoms with E-state index in [4.69, 9.17) is 0 Å². The molecule has 2 amide bonds. The largest absolute Gasteiger partial charge is 0.385 e. The van der Waals surface area contributed by atoms with Gasteiger partial charge in [-0.15, -0.1) is 0 Å². The van der Waals surface area contributed by atoms with Gasteiger partial charge in [0.1, 0.15) is 5.70 Å². The summed E-state index contributed by atoms with van der Waals surface area (Å²) in [6.07, 6.45) is 2.54. The smallest absolute Gasteiger partial charge is 0.270 e. The molecule has 0 saturated carbocycles. The van der Waals surface area contributed by atoms with Crippen molar-refractivity contribution in [2.75, 3.05) is 13.1 Å². The Hall–Kier alpha value is -2.92. The molecule has 0 radical (unpaired) electrons. The molecular weight excluding hydrogens is 352 g/mol. The number of aryl methyl sites for hydroxylation is 1. The number of benzene rings is 2. The summed E-state index contributed by atoms with van der Waals surface area (Å²) >= 11 is 0. The summed E-state index contributed by atoms with van der Waals surface area (Å²) in [5.41, 5.74) is 1.87. The Bertz CT molecular complexity index is 864. The van der Waals surface area contributed by atoms with Crippen molar-refractivity contribution in [1.29, 1.82) is 0 Å². The molecule has 0 bridgehead atoms. The van der Waals surface area contributed by atoms with E-state index < -0.39 is 5.60 Å². The van der Waals surface area contributed by atoms with Crippen LogP contribution >= 0.6 is 0 Å². The predicted octanol–water partition coefficient (Wildman–Crippen LogP) is 3.14. The number of hydrogen-bond donors (Lipinski definition) is 2. The molecule has 2 aromatic rings. The third-order valence-corrected chi connectivity index (χ3v) is 5.27. The van der Waals surface area contributed by atoms with Crippen LogP contribution in [-0.2, 0) is 10.4 Å². The van der Waals surface area contributed by atoms with Crippen LogP contribution in [0.5, 0.6) is 0 Å². The van der Waals surface area contributed by atoms with Gasteiger partial charge in [-0.2, -0.15) is 0 Å². The number of rotatable bonds is 4. The number of piperidine rings is 1. The molecule has 0 atom stereocenters. The number of allylic oxidation sites excluding steroid dienone is 1. The van der Waals surface area contributed by atoms with Gasteiger partial charge in [0.15, 0.2) is 0 Å². The highest BCUT2D eigenvalue weighted by atomic mass is 16.3. The fourth-order valence-corrected chi connectivity index (χ4v) is 3.44. The van der Waals surface area contributed by atoms with Crippen LogP contribution in [0.15, 0.2) is 66.4 Å². The summed E-state index contributed by atoms with van der Waals surface area (Å²) in [6.45, 7) is 4.60. The second-order valence-corrected chi connectivity index (χ2v) is 7.21. The van der Waals surface area contributed by atoms with Gasteiger partial charge in [0.2, 0.25) is 0 Å². The minimum Gasteiger partial charge on any atom is -0.385 e. The molecule has 1 heterocycles. The van der Waals surface area contributed by atoms with Crippen LogP contribution in [0.2, 0.25) is 0 Å². The summed E-state index contributed by atoms with van der Waals surface area (Å²) in [6, 6.07) is 16.7. The molecule has 0 aromatic heterocycles. The van der Waals surface area contributed by atoms with E-state index in [1.54, 1.807) is 42.2 Å². The molecule has 0 aliphatic carbocycles. The van der Waals surface area contributed by atoms with Gasteiger partial charge in [0, 0.05) is 18.7 Å². The van der Waals surface area contributed by atoms with Crippen molar-refractivity contribution in [3.8, 4) is 0 Å². The lowest BCUT2D eigenvalue weighted by atomic mass is 9.84. The number of nitrogens with one attached hydrogen (secondary N) is 1. The van der Waals surface area contributed by atoms with Gasteiger partial charge in [0.25, 0.3) is 11.8 Å². The minimum absolute atomic E-state index is 0.224. The van der Waals surface area contributed by atoms with E-state index in [2.05, 4.69) is 5.32 Å². The molecule has 0 spiro atoms. The molecule has 5 heteroatoms. The summed E-state index contributed by atoms with van der Waals surface area (Å²) in [5, 5.41) is 13.7. The summed E-state index contributed by atoms with van der Waals surface area (Å²) in [4.78, 5) is 26.9. The maximum absolute atomic E-state index is 12.8. The maximum Gasteiger partial charge on any atom is 0.270 e. The number of likely N-dealkylation sites (tertiary alicyclic amines) is 1. The van der Waals surface area contributed by atoms with Crippen molar-refractivity contribution in [2.24, 2.45) is 0 Å². The Balaban J connectivity index is 1.63. The van der Waals surface area contributed by atoms with Gasteiger partial charge in [-0.1, -0.05) is 54.1 Å². The average molecular weight is 378 g/mol. The number of carbonyl (C=O) groups is 2. The Morgan fingerprint density at radius 2 is 1.64 bits per heavy atom. The minimum atomic E-state index is -0.923. The lowest BCUT2D eigenvalue weighted by Crippen LogP contribution is -2.47. The van der Waals surface area contributed by atoms with Gasteiger partial charge in [-0.05, 0) is 44.4 Å². The number of amides is 2. The van der Waals surface area contributed by atoms with Crippen LogP contribution in [0, 0.1) is 6.92 Å². The SMILES string of the molecule is C/C=C(/NC(=O)c1ccccc1)C(=O)N1CCC(O)(c2ccc(C)cc2)CC1. The van der Waals surface area contributed by atoms with E-state index in [9.17, 15) is 14.7 Å². The molecular formula is C23H26N2O3. The summed E-state index contributed by atoms with van der Waals surface area (Å²) < 4.78 is 0. The zero-order valence-corrected chi connectivity index (χ0v) is 16.3. The molecule has 1 saturated heterocycles. The first-order valence-corrected chi connectivity index (χ1v) is 9.54. The Morgan fingerprint density at radius 1 is 1.04 bits per heavy atom. The van der Waals surface area contributed by atoms with Gasteiger partial charge < -0.3 is 15.3 Å². The third-order valence-electron chi connectivity index (χ3n) is 5.27. The summed E-state index contributed by atoms with van der Waals surface area (Å²) in [7, 11) is 0. The van der Waals surface area contributed by atoms with E-state index in [-0.39, 0.29) is 17.5 Å². The molecule has 0 unspecified atom stereocenters. The van der Waals surface area contributed by atoms with Gasteiger partial charge in [-0.3, -0.25) is 9.59 Å².